The van der Waals surface area contributed by atoms with Gasteiger partial charge in [-0.05, 0) is 43.9 Å². The van der Waals surface area contributed by atoms with E-state index in [9.17, 15) is 9.90 Å². The highest BCUT2D eigenvalue weighted by atomic mass is 16.5. The molecule has 1 aromatic heterocycles. The van der Waals surface area contributed by atoms with Crippen molar-refractivity contribution < 1.29 is 19.1 Å². The van der Waals surface area contributed by atoms with E-state index in [1.165, 1.54) is 0 Å². The van der Waals surface area contributed by atoms with Gasteiger partial charge in [-0.3, -0.25) is 9.69 Å². The van der Waals surface area contributed by atoms with Crippen molar-refractivity contribution in [3.63, 3.8) is 0 Å². The van der Waals surface area contributed by atoms with Gasteiger partial charge in [0.25, 0.3) is 0 Å². The minimum atomic E-state index is -0.917. The number of nitrogens with zero attached hydrogens (tertiary/aromatic N) is 1. The lowest BCUT2D eigenvalue weighted by molar-refractivity contribution is -0.126. The van der Waals surface area contributed by atoms with E-state index in [2.05, 4.69) is 10.2 Å². The standard InChI is InChI=1S/C21H26N2O4/c1-26-18-6-3-2-5-15(18)13-22-20(24)14-23-16-8-9-17(23)12-21(25,11-16)19-7-4-10-27-19/h2-7,10,16-17,25H,8-9,11-14H2,1H3,(H,22,24)/t16-,17-/m0/s1. The molecule has 6 nitrogen and oxygen atoms in total. The third-order valence-corrected chi connectivity index (χ3v) is 5.89. The fourth-order valence-corrected chi connectivity index (χ4v) is 4.58. The summed E-state index contributed by atoms with van der Waals surface area (Å²) in [6.45, 7) is 0.807. The van der Waals surface area contributed by atoms with Gasteiger partial charge in [-0.25, -0.2) is 0 Å². The van der Waals surface area contributed by atoms with E-state index in [0.29, 0.717) is 31.7 Å². The Morgan fingerprint density at radius 2 is 2.00 bits per heavy atom. The molecule has 0 spiro atoms. The summed E-state index contributed by atoms with van der Waals surface area (Å²) in [6.07, 6.45) is 4.83. The molecule has 1 amide bonds. The number of benzene rings is 1. The van der Waals surface area contributed by atoms with Gasteiger partial charge in [0.15, 0.2) is 0 Å². The monoisotopic (exact) mass is 370 g/mol. The summed E-state index contributed by atoms with van der Waals surface area (Å²) in [5.41, 5.74) is 0.0434. The van der Waals surface area contributed by atoms with Crippen molar-refractivity contribution in [3.05, 3.63) is 54.0 Å². The summed E-state index contributed by atoms with van der Waals surface area (Å²) >= 11 is 0. The third-order valence-electron chi connectivity index (χ3n) is 5.89. The average Bonchev–Trinajstić information content (AvgIpc) is 3.29. The molecule has 3 heterocycles. The van der Waals surface area contributed by atoms with Gasteiger partial charge in [0.05, 0.1) is 19.9 Å². The van der Waals surface area contributed by atoms with E-state index in [1.54, 1.807) is 13.4 Å². The second-order valence-electron chi connectivity index (χ2n) is 7.56. The molecule has 2 atom stereocenters. The molecular formula is C21H26N2O4. The first-order chi connectivity index (χ1) is 13.1. The maximum absolute atomic E-state index is 12.5. The fourth-order valence-electron chi connectivity index (χ4n) is 4.58. The van der Waals surface area contributed by atoms with Gasteiger partial charge in [0, 0.05) is 24.2 Å². The quantitative estimate of drug-likeness (QED) is 0.817. The van der Waals surface area contributed by atoms with Crippen LogP contribution in [0.25, 0.3) is 0 Å². The van der Waals surface area contributed by atoms with Crippen LogP contribution in [0.5, 0.6) is 5.75 Å². The summed E-state index contributed by atoms with van der Waals surface area (Å²) < 4.78 is 10.8. The van der Waals surface area contributed by atoms with E-state index in [-0.39, 0.29) is 18.0 Å². The molecule has 2 fully saturated rings. The molecule has 0 radical (unpaired) electrons. The lowest BCUT2D eigenvalue weighted by Gasteiger charge is -2.42. The van der Waals surface area contributed by atoms with Crippen LogP contribution in [0.4, 0.5) is 0 Å². The Bertz CT molecular complexity index is 775. The van der Waals surface area contributed by atoms with Crippen LogP contribution in [0, 0.1) is 0 Å². The Hall–Kier alpha value is -2.31. The number of fused-ring (bicyclic) bond motifs is 2. The van der Waals surface area contributed by atoms with E-state index in [4.69, 9.17) is 9.15 Å². The molecule has 2 bridgehead atoms. The van der Waals surface area contributed by atoms with Gasteiger partial charge < -0.3 is 19.6 Å². The van der Waals surface area contributed by atoms with Crippen LogP contribution in [0.1, 0.15) is 37.0 Å². The molecule has 27 heavy (non-hydrogen) atoms. The number of hydrogen-bond acceptors (Lipinski definition) is 5. The summed E-state index contributed by atoms with van der Waals surface area (Å²) in [7, 11) is 1.63. The molecule has 0 saturated carbocycles. The number of para-hydroxylation sites is 1. The molecule has 2 aromatic rings. The van der Waals surface area contributed by atoms with Crippen molar-refractivity contribution in [1.29, 1.82) is 0 Å². The first-order valence-corrected chi connectivity index (χ1v) is 9.50. The number of aliphatic hydroxyl groups is 1. The summed E-state index contributed by atoms with van der Waals surface area (Å²) in [5, 5.41) is 14.0. The normalized spacial score (nSPS) is 27.5. The lowest BCUT2D eigenvalue weighted by Crippen LogP contribution is -2.52. The Balaban J connectivity index is 1.36. The molecule has 4 rings (SSSR count). The number of nitrogens with one attached hydrogen (secondary N) is 1. The van der Waals surface area contributed by atoms with E-state index in [1.807, 2.05) is 36.4 Å². The van der Waals surface area contributed by atoms with Crippen LogP contribution in [0.3, 0.4) is 0 Å². The molecule has 144 valence electrons. The van der Waals surface area contributed by atoms with Crippen molar-refractivity contribution in [2.75, 3.05) is 13.7 Å². The molecule has 0 aliphatic carbocycles. The SMILES string of the molecule is COc1ccccc1CNC(=O)CN1[C@H]2CC[C@H]1CC(O)(c1ccco1)C2. The van der Waals surface area contributed by atoms with Crippen LogP contribution in [-0.4, -0.2) is 41.7 Å². The maximum Gasteiger partial charge on any atom is 0.234 e. The van der Waals surface area contributed by atoms with E-state index >= 15 is 0 Å². The number of furan rings is 1. The summed E-state index contributed by atoms with van der Waals surface area (Å²) in [6, 6.07) is 11.8. The first kappa shape index (κ1) is 18.1. The van der Waals surface area contributed by atoms with Gasteiger partial charge in [-0.1, -0.05) is 18.2 Å². The van der Waals surface area contributed by atoms with E-state index < -0.39 is 5.60 Å². The Kier molecular flexibility index (Phi) is 4.93. The largest absolute Gasteiger partial charge is 0.496 e. The number of carbonyl (C=O) groups is 1. The average molecular weight is 370 g/mol. The number of piperidine rings is 1. The van der Waals surface area contributed by atoms with Crippen LogP contribution in [0.2, 0.25) is 0 Å². The summed E-state index contributed by atoms with van der Waals surface area (Å²) in [5.74, 6) is 1.42. The van der Waals surface area contributed by atoms with Crippen molar-refractivity contribution in [3.8, 4) is 5.75 Å². The Labute approximate surface area is 159 Å². The molecule has 2 aliphatic heterocycles. The van der Waals surface area contributed by atoms with Gasteiger partial charge in [0.2, 0.25) is 5.91 Å². The highest BCUT2D eigenvalue weighted by Gasteiger charge is 2.49. The number of amides is 1. The maximum atomic E-state index is 12.5. The molecule has 2 saturated heterocycles. The number of hydrogen-bond donors (Lipinski definition) is 2. The van der Waals surface area contributed by atoms with Crippen molar-refractivity contribution in [2.24, 2.45) is 0 Å². The van der Waals surface area contributed by atoms with E-state index in [0.717, 1.165) is 24.2 Å². The predicted octanol–water partition coefficient (Wildman–Crippen LogP) is 2.42. The lowest BCUT2D eigenvalue weighted by atomic mass is 9.84. The Morgan fingerprint density at radius 1 is 1.26 bits per heavy atom. The second-order valence-corrected chi connectivity index (χ2v) is 7.56. The number of methoxy groups -OCH3 is 1. The summed E-state index contributed by atoms with van der Waals surface area (Å²) in [4.78, 5) is 14.8. The number of ether oxygens (including phenoxy) is 1. The molecule has 2 N–H and O–H groups in total. The third kappa shape index (κ3) is 3.59. The molecule has 6 heteroatoms. The van der Waals surface area contributed by atoms with Crippen LogP contribution >= 0.6 is 0 Å². The molecule has 2 aliphatic rings. The van der Waals surface area contributed by atoms with Crippen LogP contribution < -0.4 is 10.1 Å². The Morgan fingerprint density at radius 3 is 2.67 bits per heavy atom. The zero-order valence-corrected chi connectivity index (χ0v) is 15.6. The van der Waals surface area contributed by atoms with Crippen molar-refractivity contribution in [1.82, 2.24) is 10.2 Å². The van der Waals surface area contributed by atoms with Crippen LogP contribution in [-0.2, 0) is 16.9 Å². The molecular weight excluding hydrogens is 344 g/mol. The second kappa shape index (κ2) is 7.37. The minimum absolute atomic E-state index is 0.00115. The van der Waals surface area contributed by atoms with Crippen LogP contribution in [0.15, 0.2) is 47.1 Å². The van der Waals surface area contributed by atoms with Crippen molar-refractivity contribution >= 4 is 5.91 Å². The zero-order chi connectivity index (χ0) is 18.9. The molecule has 0 unspecified atom stereocenters. The minimum Gasteiger partial charge on any atom is -0.496 e. The number of rotatable bonds is 6. The molecule has 1 aromatic carbocycles. The van der Waals surface area contributed by atoms with Gasteiger partial charge >= 0.3 is 0 Å². The van der Waals surface area contributed by atoms with Gasteiger partial charge in [-0.15, -0.1) is 0 Å². The highest BCUT2D eigenvalue weighted by molar-refractivity contribution is 5.78. The number of carbonyl (C=O) groups excluding carboxylic acids is 1. The zero-order valence-electron chi connectivity index (χ0n) is 15.6. The first-order valence-electron chi connectivity index (χ1n) is 9.50. The van der Waals surface area contributed by atoms with Gasteiger partial charge in [0.1, 0.15) is 17.1 Å². The fraction of sp³-hybridized carbons (Fsp3) is 0.476. The van der Waals surface area contributed by atoms with Gasteiger partial charge in [-0.2, -0.15) is 0 Å². The van der Waals surface area contributed by atoms with Crippen molar-refractivity contribution in [2.45, 2.75) is 49.9 Å². The highest BCUT2D eigenvalue weighted by Crippen LogP contribution is 2.45. The smallest absolute Gasteiger partial charge is 0.234 e. The topological polar surface area (TPSA) is 74.9 Å². The predicted molar refractivity (Wildman–Crippen MR) is 100 cm³/mol.